The topological polar surface area (TPSA) is 44.8 Å². The van der Waals surface area contributed by atoms with Crippen LogP contribution in [0.25, 0.3) is 6.08 Å². The zero-order valence-corrected chi connectivity index (χ0v) is 11.4. The Morgan fingerprint density at radius 2 is 2.32 bits per heavy atom. The van der Waals surface area contributed by atoms with E-state index in [1.807, 2.05) is 26.0 Å². The van der Waals surface area contributed by atoms with E-state index < -0.39 is 5.97 Å². The molecule has 0 amide bonds. The van der Waals surface area contributed by atoms with Crippen LogP contribution in [-0.4, -0.2) is 25.8 Å². The van der Waals surface area contributed by atoms with E-state index in [0.29, 0.717) is 6.61 Å². The van der Waals surface area contributed by atoms with Gasteiger partial charge in [0.05, 0.1) is 13.7 Å². The average molecular weight is 262 g/mol. The Balaban J connectivity index is 2.33. The summed E-state index contributed by atoms with van der Waals surface area (Å²) in [7, 11) is 1.35. The molecule has 1 aromatic carbocycles. The number of carbonyl (C=O) groups excluding carboxylic acids is 1. The van der Waals surface area contributed by atoms with Gasteiger partial charge in [0.15, 0.2) is 0 Å². The van der Waals surface area contributed by atoms with Crippen molar-refractivity contribution in [2.45, 2.75) is 26.4 Å². The molecule has 102 valence electrons. The quantitative estimate of drug-likeness (QED) is 0.618. The van der Waals surface area contributed by atoms with E-state index in [-0.39, 0.29) is 6.10 Å². The van der Waals surface area contributed by atoms with Gasteiger partial charge in [-0.25, -0.2) is 4.79 Å². The molecule has 1 atom stereocenters. The largest absolute Gasteiger partial charge is 0.493 e. The van der Waals surface area contributed by atoms with Gasteiger partial charge in [-0.05, 0) is 32.1 Å². The molecule has 0 aromatic heterocycles. The van der Waals surface area contributed by atoms with Crippen LogP contribution in [0.3, 0.4) is 0 Å². The fourth-order valence-electron chi connectivity index (χ4n) is 2.09. The Labute approximate surface area is 113 Å². The first-order valence-corrected chi connectivity index (χ1v) is 6.36. The van der Waals surface area contributed by atoms with Gasteiger partial charge in [0.25, 0.3) is 0 Å². The third kappa shape index (κ3) is 3.08. The Hall–Kier alpha value is -1.97. The molecule has 0 saturated heterocycles. The highest BCUT2D eigenvalue weighted by Gasteiger charge is 2.21. The van der Waals surface area contributed by atoms with Crippen LogP contribution in [0.4, 0.5) is 0 Å². The van der Waals surface area contributed by atoms with Crippen LogP contribution in [0.5, 0.6) is 11.5 Å². The lowest BCUT2D eigenvalue weighted by atomic mass is 10.1. The Morgan fingerprint density at radius 3 is 3.00 bits per heavy atom. The van der Waals surface area contributed by atoms with E-state index in [9.17, 15) is 4.79 Å². The lowest BCUT2D eigenvalue weighted by Gasteiger charge is -2.09. The molecule has 1 unspecified atom stereocenters. The smallest absolute Gasteiger partial charge is 0.330 e. The number of rotatable bonds is 4. The van der Waals surface area contributed by atoms with Crippen LogP contribution in [0.1, 0.15) is 25.0 Å². The second kappa shape index (κ2) is 5.78. The number of benzene rings is 1. The second-order valence-electron chi connectivity index (χ2n) is 4.42. The Kier molecular flexibility index (Phi) is 4.10. The first kappa shape index (κ1) is 13.5. The molecular weight excluding hydrogens is 244 g/mol. The van der Waals surface area contributed by atoms with Gasteiger partial charge in [-0.3, -0.25) is 0 Å². The van der Waals surface area contributed by atoms with Crippen molar-refractivity contribution in [1.82, 2.24) is 0 Å². The van der Waals surface area contributed by atoms with Crippen molar-refractivity contribution in [3.63, 3.8) is 0 Å². The molecule has 19 heavy (non-hydrogen) atoms. The van der Waals surface area contributed by atoms with Crippen LogP contribution < -0.4 is 9.47 Å². The van der Waals surface area contributed by atoms with Gasteiger partial charge < -0.3 is 14.2 Å². The van der Waals surface area contributed by atoms with Crippen LogP contribution >= 0.6 is 0 Å². The van der Waals surface area contributed by atoms with E-state index in [1.165, 1.54) is 13.2 Å². The minimum atomic E-state index is -0.391. The van der Waals surface area contributed by atoms with E-state index >= 15 is 0 Å². The van der Waals surface area contributed by atoms with E-state index in [4.69, 9.17) is 9.47 Å². The molecule has 4 nitrogen and oxygen atoms in total. The number of esters is 1. The first-order chi connectivity index (χ1) is 9.13. The summed E-state index contributed by atoms with van der Waals surface area (Å²) in [6.07, 6.45) is 4.13. The molecule has 0 bridgehead atoms. The van der Waals surface area contributed by atoms with E-state index in [1.54, 1.807) is 6.08 Å². The van der Waals surface area contributed by atoms with Crippen molar-refractivity contribution in [1.29, 1.82) is 0 Å². The maximum absolute atomic E-state index is 11.2. The molecule has 0 spiro atoms. The monoisotopic (exact) mass is 262 g/mol. The minimum absolute atomic E-state index is 0.185. The summed E-state index contributed by atoms with van der Waals surface area (Å²) in [5, 5.41) is 0. The summed E-state index contributed by atoms with van der Waals surface area (Å²) in [5.41, 5.74) is 1.96. The summed E-state index contributed by atoms with van der Waals surface area (Å²) in [4.78, 5) is 11.2. The summed E-state index contributed by atoms with van der Waals surface area (Å²) in [6, 6.07) is 3.89. The summed E-state index contributed by atoms with van der Waals surface area (Å²) in [5.74, 6) is 1.23. The van der Waals surface area contributed by atoms with Crippen molar-refractivity contribution in [2.24, 2.45) is 0 Å². The van der Waals surface area contributed by atoms with Gasteiger partial charge >= 0.3 is 5.97 Å². The highest BCUT2D eigenvalue weighted by molar-refractivity contribution is 5.87. The standard InChI is InChI=1S/C15H18O4/c1-4-18-13-9-12-7-10(2)19-14(12)8-11(13)5-6-15(16)17-3/h5-6,8-10H,4,7H2,1-3H3/b6-5+. The van der Waals surface area contributed by atoms with E-state index in [2.05, 4.69) is 4.74 Å². The third-order valence-corrected chi connectivity index (χ3v) is 2.93. The second-order valence-corrected chi connectivity index (χ2v) is 4.42. The highest BCUT2D eigenvalue weighted by Crippen LogP contribution is 2.35. The van der Waals surface area contributed by atoms with Crippen LogP contribution in [0, 0.1) is 0 Å². The number of carbonyl (C=O) groups is 1. The number of ether oxygens (including phenoxy) is 3. The molecule has 0 radical (unpaired) electrons. The molecule has 0 saturated carbocycles. The average Bonchev–Trinajstić information content (AvgIpc) is 2.75. The van der Waals surface area contributed by atoms with Crippen LogP contribution in [0.15, 0.2) is 18.2 Å². The van der Waals surface area contributed by atoms with Crippen LogP contribution in [0.2, 0.25) is 0 Å². The molecule has 0 fully saturated rings. The predicted octanol–water partition coefficient (Wildman–Crippen LogP) is 2.59. The summed E-state index contributed by atoms with van der Waals surface area (Å²) < 4.78 is 15.9. The SMILES string of the molecule is CCOc1cc2c(cc1/C=C/C(=O)OC)OC(C)C2. The zero-order valence-electron chi connectivity index (χ0n) is 11.4. The zero-order chi connectivity index (χ0) is 13.8. The maximum atomic E-state index is 11.2. The molecule has 1 aliphatic rings. The van der Waals surface area contributed by atoms with Crippen molar-refractivity contribution in [3.8, 4) is 11.5 Å². The first-order valence-electron chi connectivity index (χ1n) is 6.36. The number of fused-ring (bicyclic) bond motifs is 1. The van der Waals surface area contributed by atoms with Crippen LogP contribution in [-0.2, 0) is 16.0 Å². The Morgan fingerprint density at radius 1 is 1.53 bits per heavy atom. The number of hydrogen-bond acceptors (Lipinski definition) is 4. The fourth-order valence-corrected chi connectivity index (χ4v) is 2.09. The predicted molar refractivity (Wildman–Crippen MR) is 72.5 cm³/mol. The lowest BCUT2D eigenvalue weighted by molar-refractivity contribution is -0.134. The molecular formula is C15H18O4. The van der Waals surface area contributed by atoms with Gasteiger partial charge in [0.1, 0.15) is 17.6 Å². The normalized spacial score (nSPS) is 17.1. The number of methoxy groups -OCH3 is 1. The molecule has 0 N–H and O–H groups in total. The van der Waals surface area contributed by atoms with Crippen molar-refractivity contribution in [3.05, 3.63) is 29.3 Å². The van der Waals surface area contributed by atoms with Gasteiger partial charge in [-0.2, -0.15) is 0 Å². The molecule has 1 aromatic rings. The lowest BCUT2D eigenvalue weighted by Crippen LogP contribution is -2.05. The van der Waals surface area contributed by atoms with Crippen molar-refractivity contribution >= 4 is 12.0 Å². The summed E-state index contributed by atoms with van der Waals surface area (Å²) >= 11 is 0. The molecule has 1 heterocycles. The number of hydrogen-bond donors (Lipinski definition) is 0. The third-order valence-electron chi connectivity index (χ3n) is 2.93. The van der Waals surface area contributed by atoms with Gasteiger partial charge in [0.2, 0.25) is 0 Å². The van der Waals surface area contributed by atoms with Gasteiger partial charge in [-0.15, -0.1) is 0 Å². The van der Waals surface area contributed by atoms with Crippen molar-refractivity contribution in [2.75, 3.05) is 13.7 Å². The molecule has 0 aliphatic carbocycles. The minimum Gasteiger partial charge on any atom is -0.493 e. The molecule has 4 heteroatoms. The molecule has 1 aliphatic heterocycles. The van der Waals surface area contributed by atoms with Crippen molar-refractivity contribution < 1.29 is 19.0 Å². The summed E-state index contributed by atoms with van der Waals surface area (Å²) in [6.45, 7) is 4.54. The van der Waals surface area contributed by atoms with Gasteiger partial charge in [0, 0.05) is 23.6 Å². The highest BCUT2D eigenvalue weighted by atomic mass is 16.5. The fraction of sp³-hybridized carbons (Fsp3) is 0.400. The molecule has 2 rings (SSSR count). The Bertz CT molecular complexity index is 505. The van der Waals surface area contributed by atoms with E-state index in [0.717, 1.165) is 29.0 Å². The van der Waals surface area contributed by atoms with Gasteiger partial charge in [-0.1, -0.05) is 0 Å². The maximum Gasteiger partial charge on any atom is 0.330 e.